The summed E-state index contributed by atoms with van der Waals surface area (Å²) in [4.78, 5) is 12.9. The normalized spacial score (nSPS) is 21.8. The Morgan fingerprint density at radius 3 is 2.68 bits per heavy atom. The Morgan fingerprint density at radius 1 is 1.10 bits per heavy atom. The van der Waals surface area contributed by atoms with Gasteiger partial charge in [-0.2, -0.15) is 0 Å². The highest BCUT2D eigenvalue weighted by Crippen LogP contribution is 2.50. The van der Waals surface area contributed by atoms with Crippen LogP contribution in [0.5, 0.6) is 11.5 Å². The molecule has 1 heterocycles. The van der Waals surface area contributed by atoms with E-state index in [9.17, 15) is 4.79 Å². The van der Waals surface area contributed by atoms with Crippen LogP contribution >= 0.6 is 11.6 Å². The van der Waals surface area contributed by atoms with E-state index >= 15 is 0 Å². The first kappa shape index (κ1) is 20.7. The molecule has 2 saturated carbocycles. The average molecular weight is 440 g/mol. The summed E-state index contributed by atoms with van der Waals surface area (Å²) in [5.41, 5.74) is 1.93. The average Bonchev–Trinajstić information content (AvgIpc) is 3.26. The molecule has 1 unspecified atom stereocenters. The second-order valence-corrected chi connectivity index (χ2v) is 9.66. The van der Waals surface area contributed by atoms with Crippen LogP contribution in [-0.4, -0.2) is 17.6 Å². The molecule has 2 aromatic carbocycles. The van der Waals surface area contributed by atoms with Gasteiger partial charge in [0.15, 0.2) is 0 Å². The van der Waals surface area contributed by atoms with Crippen LogP contribution in [0.25, 0.3) is 0 Å². The Hall–Kier alpha value is -2.20. The van der Waals surface area contributed by atoms with Gasteiger partial charge in [0.2, 0.25) is 5.91 Å². The van der Waals surface area contributed by atoms with Crippen molar-refractivity contribution in [2.75, 3.05) is 0 Å². The molecule has 5 rings (SSSR count). The lowest BCUT2D eigenvalue weighted by Crippen LogP contribution is -2.49. The Morgan fingerprint density at radius 2 is 1.90 bits per heavy atom. The monoisotopic (exact) mass is 439 g/mol. The molecule has 0 radical (unpaired) electrons. The van der Waals surface area contributed by atoms with Crippen molar-refractivity contribution < 1.29 is 14.3 Å². The highest BCUT2D eigenvalue weighted by molar-refractivity contribution is 6.32. The van der Waals surface area contributed by atoms with Gasteiger partial charge in [-0.15, -0.1) is 0 Å². The molecule has 4 nitrogen and oxygen atoms in total. The van der Waals surface area contributed by atoms with E-state index in [1.807, 2.05) is 36.4 Å². The van der Waals surface area contributed by atoms with E-state index in [1.165, 1.54) is 12.8 Å². The Bertz CT molecular complexity index is 949. The number of hydrogen-bond acceptors (Lipinski definition) is 3. The lowest BCUT2D eigenvalue weighted by Gasteiger charge is -2.48. The molecule has 1 spiro atoms. The molecular formula is C26H30ClNO3. The predicted octanol–water partition coefficient (Wildman–Crippen LogP) is 6.16. The lowest BCUT2D eigenvalue weighted by atomic mass is 9.73. The zero-order chi connectivity index (χ0) is 21.3. The first-order valence-electron chi connectivity index (χ1n) is 11.6. The molecule has 5 heteroatoms. The quantitative estimate of drug-likeness (QED) is 0.586. The topological polar surface area (TPSA) is 47.6 Å². The number of carbonyl (C=O) groups excluding carboxylic acids is 1. The number of hydrogen-bond donors (Lipinski definition) is 1. The summed E-state index contributed by atoms with van der Waals surface area (Å²) in [6.07, 6.45) is 10.2. The van der Waals surface area contributed by atoms with Gasteiger partial charge >= 0.3 is 0 Å². The number of halogens is 1. The number of fused-ring (bicyclic) bond motifs is 1. The molecule has 1 amide bonds. The van der Waals surface area contributed by atoms with Crippen LogP contribution in [0.2, 0.25) is 5.02 Å². The summed E-state index contributed by atoms with van der Waals surface area (Å²) in [6.45, 7) is 0. The van der Waals surface area contributed by atoms with Crippen molar-refractivity contribution in [2.45, 2.75) is 82.0 Å². The van der Waals surface area contributed by atoms with Gasteiger partial charge in [-0.05, 0) is 69.1 Å². The second kappa shape index (κ2) is 8.74. The fraction of sp³-hybridized carbons (Fsp3) is 0.500. The third-order valence-electron chi connectivity index (χ3n) is 7.06. The van der Waals surface area contributed by atoms with Gasteiger partial charge < -0.3 is 14.8 Å². The van der Waals surface area contributed by atoms with Gasteiger partial charge in [0.05, 0.1) is 17.2 Å². The Labute approximate surface area is 189 Å². The fourth-order valence-electron chi connectivity index (χ4n) is 5.18. The van der Waals surface area contributed by atoms with Crippen LogP contribution in [0.15, 0.2) is 42.5 Å². The lowest BCUT2D eigenvalue weighted by molar-refractivity contribution is -0.123. The number of ether oxygens (including phenoxy) is 2. The molecule has 164 valence electrons. The highest BCUT2D eigenvalue weighted by Gasteiger charge is 2.46. The summed E-state index contributed by atoms with van der Waals surface area (Å²) >= 11 is 6.43. The largest absolute Gasteiger partial charge is 0.490 e. The van der Waals surface area contributed by atoms with Crippen LogP contribution < -0.4 is 14.8 Å². The van der Waals surface area contributed by atoms with Crippen molar-refractivity contribution in [2.24, 2.45) is 0 Å². The van der Waals surface area contributed by atoms with Gasteiger partial charge in [-0.1, -0.05) is 41.9 Å². The smallest absolute Gasteiger partial charge is 0.220 e. The third-order valence-corrected chi connectivity index (χ3v) is 7.36. The van der Waals surface area contributed by atoms with Crippen LogP contribution in [0.3, 0.4) is 0 Å². The first-order valence-corrected chi connectivity index (χ1v) is 12.0. The van der Waals surface area contributed by atoms with Crippen molar-refractivity contribution in [3.63, 3.8) is 0 Å². The van der Waals surface area contributed by atoms with Crippen molar-refractivity contribution in [1.29, 1.82) is 0 Å². The molecule has 0 aromatic heterocycles. The van der Waals surface area contributed by atoms with E-state index in [0.29, 0.717) is 24.0 Å². The minimum atomic E-state index is -0.169. The van der Waals surface area contributed by atoms with E-state index in [-0.39, 0.29) is 17.6 Å². The van der Waals surface area contributed by atoms with Crippen molar-refractivity contribution in [3.8, 4) is 11.5 Å². The molecule has 2 aromatic rings. The second-order valence-electron chi connectivity index (χ2n) is 9.25. The fourth-order valence-corrected chi connectivity index (χ4v) is 5.40. The van der Waals surface area contributed by atoms with Crippen LogP contribution in [-0.2, 0) is 11.2 Å². The van der Waals surface area contributed by atoms with Gasteiger partial charge in [0.1, 0.15) is 17.1 Å². The standard InChI is InChI=1S/C26H30ClNO3/c27-21-11-5-10-20-22(17-26(15-6-16-26)31-25(20)21)28-24(29)14-13-18-7-1-4-12-23(18)30-19-8-2-3-9-19/h1,4-5,7,10-12,19,22H,2-3,6,8-9,13-17H2,(H,28,29). The molecule has 0 bridgehead atoms. The molecule has 3 aliphatic rings. The minimum absolute atomic E-state index is 0.0553. The SMILES string of the molecule is O=C(CCc1ccccc1OC1CCCC1)NC1CC2(CCC2)Oc2c(Cl)cccc21. The maximum Gasteiger partial charge on any atom is 0.220 e. The molecule has 2 aliphatic carbocycles. The molecule has 1 aliphatic heterocycles. The zero-order valence-corrected chi connectivity index (χ0v) is 18.6. The van der Waals surface area contributed by atoms with Crippen molar-refractivity contribution in [1.82, 2.24) is 5.32 Å². The van der Waals surface area contributed by atoms with Gasteiger partial charge in [0, 0.05) is 18.4 Å². The minimum Gasteiger partial charge on any atom is -0.490 e. The molecular weight excluding hydrogens is 410 g/mol. The number of amides is 1. The highest BCUT2D eigenvalue weighted by atomic mass is 35.5. The summed E-state index contributed by atoms with van der Waals surface area (Å²) in [5, 5.41) is 3.90. The van der Waals surface area contributed by atoms with Crippen molar-refractivity contribution in [3.05, 3.63) is 58.6 Å². The summed E-state index contributed by atoms with van der Waals surface area (Å²) < 4.78 is 12.5. The van der Waals surface area contributed by atoms with Crippen LogP contribution in [0.4, 0.5) is 0 Å². The summed E-state index contributed by atoms with van der Waals surface area (Å²) in [7, 11) is 0. The molecule has 1 atom stereocenters. The number of nitrogens with one attached hydrogen (secondary N) is 1. The van der Waals surface area contributed by atoms with E-state index < -0.39 is 0 Å². The molecule has 1 N–H and O–H groups in total. The summed E-state index contributed by atoms with van der Waals surface area (Å²) in [5.74, 6) is 1.73. The van der Waals surface area contributed by atoms with E-state index in [1.54, 1.807) is 0 Å². The Balaban J connectivity index is 1.25. The molecule has 0 saturated heterocycles. The van der Waals surface area contributed by atoms with E-state index in [2.05, 4.69) is 11.4 Å². The number of carbonyl (C=O) groups is 1. The van der Waals surface area contributed by atoms with Crippen LogP contribution in [0, 0.1) is 0 Å². The van der Waals surface area contributed by atoms with E-state index in [0.717, 1.165) is 61.2 Å². The van der Waals surface area contributed by atoms with Crippen molar-refractivity contribution >= 4 is 17.5 Å². The number of aryl methyl sites for hydroxylation is 1. The molecule has 31 heavy (non-hydrogen) atoms. The van der Waals surface area contributed by atoms with Gasteiger partial charge in [0.25, 0.3) is 0 Å². The predicted molar refractivity (Wildman–Crippen MR) is 122 cm³/mol. The number of benzene rings is 2. The maximum absolute atomic E-state index is 12.9. The first-order chi connectivity index (χ1) is 15.1. The number of rotatable bonds is 6. The summed E-state index contributed by atoms with van der Waals surface area (Å²) in [6, 6.07) is 13.9. The van der Waals surface area contributed by atoms with Gasteiger partial charge in [-0.25, -0.2) is 0 Å². The molecule has 2 fully saturated rings. The maximum atomic E-state index is 12.9. The number of para-hydroxylation sites is 2. The Kier molecular flexibility index (Phi) is 5.83. The third kappa shape index (κ3) is 4.41. The van der Waals surface area contributed by atoms with Crippen LogP contribution in [0.1, 0.15) is 75.0 Å². The van der Waals surface area contributed by atoms with Gasteiger partial charge in [-0.3, -0.25) is 4.79 Å². The zero-order valence-electron chi connectivity index (χ0n) is 17.9. The van der Waals surface area contributed by atoms with E-state index in [4.69, 9.17) is 21.1 Å².